The molecule has 2 aromatic rings. The van der Waals surface area contributed by atoms with Gasteiger partial charge in [-0.1, -0.05) is 35.9 Å². The van der Waals surface area contributed by atoms with Crippen LogP contribution in [0.3, 0.4) is 0 Å². The van der Waals surface area contributed by atoms with Gasteiger partial charge in [0.05, 0.1) is 4.90 Å². The van der Waals surface area contributed by atoms with Gasteiger partial charge in [-0.2, -0.15) is 0 Å². The Labute approximate surface area is 153 Å². The Morgan fingerprint density at radius 1 is 1.16 bits per heavy atom. The predicted octanol–water partition coefficient (Wildman–Crippen LogP) is 3.08. The molecule has 0 amide bonds. The summed E-state index contributed by atoms with van der Waals surface area (Å²) in [5, 5.41) is 0.350. The Balaban J connectivity index is 2.11. The van der Waals surface area contributed by atoms with Crippen LogP contribution in [0.15, 0.2) is 65.7 Å². The van der Waals surface area contributed by atoms with Crippen LogP contribution in [0.5, 0.6) is 0 Å². The van der Waals surface area contributed by atoms with Crippen molar-refractivity contribution in [3.63, 3.8) is 0 Å². The maximum absolute atomic E-state index is 12.3. The van der Waals surface area contributed by atoms with Gasteiger partial charge in [-0.15, -0.1) is 0 Å². The predicted molar refractivity (Wildman–Crippen MR) is 99.1 cm³/mol. The topological polar surface area (TPSA) is 66.5 Å². The van der Waals surface area contributed by atoms with Gasteiger partial charge in [0.2, 0.25) is 10.0 Å². The van der Waals surface area contributed by atoms with E-state index in [0.717, 1.165) is 0 Å². The van der Waals surface area contributed by atoms with E-state index >= 15 is 0 Å². The molecule has 5 nitrogen and oxygen atoms in total. The number of nitrogens with one attached hydrogen (secondary N) is 1. The third kappa shape index (κ3) is 5.70. The number of nitrogens with zero attached hydrogens (tertiary/aromatic N) is 1. The molecular formula is C18H19ClN2O3S. The molecule has 1 N–H and O–H groups in total. The summed E-state index contributed by atoms with van der Waals surface area (Å²) in [6.45, 7) is 0.0767. The molecule has 0 atom stereocenters. The van der Waals surface area contributed by atoms with E-state index in [-0.39, 0.29) is 17.2 Å². The number of hydrogen-bond acceptors (Lipinski definition) is 4. The molecule has 0 aliphatic carbocycles. The van der Waals surface area contributed by atoms with Crippen LogP contribution >= 0.6 is 11.6 Å². The summed E-state index contributed by atoms with van der Waals surface area (Å²) in [4.78, 5) is 14.0. The molecule has 25 heavy (non-hydrogen) atoms. The average Bonchev–Trinajstić information content (AvgIpc) is 2.58. The molecule has 0 saturated carbocycles. The second kappa shape index (κ2) is 8.29. The lowest BCUT2D eigenvalue weighted by Crippen LogP contribution is -2.23. The zero-order valence-corrected chi connectivity index (χ0v) is 15.5. The number of hydrogen-bond donors (Lipinski definition) is 1. The smallest absolute Gasteiger partial charge is 0.240 e. The summed E-state index contributed by atoms with van der Waals surface area (Å²) >= 11 is 5.84. The minimum atomic E-state index is -3.68. The Morgan fingerprint density at radius 2 is 1.88 bits per heavy atom. The van der Waals surface area contributed by atoms with Crippen LogP contribution in [0.4, 0.5) is 0 Å². The first kappa shape index (κ1) is 19.2. The Morgan fingerprint density at radius 3 is 2.56 bits per heavy atom. The van der Waals surface area contributed by atoms with Gasteiger partial charge in [0.25, 0.3) is 0 Å². The number of allylic oxidation sites excluding steroid dienone is 1. The third-order valence-electron chi connectivity index (χ3n) is 3.31. The van der Waals surface area contributed by atoms with Crippen molar-refractivity contribution >= 4 is 27.4 Å². The minimum absolute atomic E-state index is 0.0767. The van der Waals surface area contributed by atoms with Gasteiger partial charge in [0.15, 0.2) is 5.78 Å². The molecule has 132 valence electrons. The number of ketones is 1. The molecule has 0 aromatic heterocycles. The number of rotatable bonds is 7. The van der Waals surface area contributed by atoms with E-state index in [1.807, 2.05) is 14.1 Å². The lowest BCUT2D eigenvalue weighted by atomic mass is 10.1. The maximum atomic E-state index is 12.3. The van der Waals surface area contributed by atoms with Crippen molar-refractivity contribution in [2.45, 2.75) is 11.4 Å². The van der Waals surface area contributed by atoms with Gasteiger partial charge in [0, 0.05) is 43.5 Å². The standard InChI is InChI=1S/C18H19ClN2O3S/c1-21(2)10-9-18(22)15-6-3-5-14(11-15)13-20-25(23,24)17-8-4-7-16(19)12-17/h3-12,20H,13H2,1-2H3. The van der Waals surface area contributed by atoms with E-state index < -0.39 is 10.0 Å². The molecule has 0 aliphatic heterocycles. The highest BCUT2D eigenvalue weighted by Gasteiger charge is 2.14. The summed E-state index contributed by atoms with van der Waals surface area (Å²) in [7, 11) is -0.0271. The lowest BCUT2D eigenvalue weighted by molar-refractivity contribution is 0.104. The quantitative estimate of drug-likeness (QED) is 0.594. The van der Waals surface area contributed by atoms with E-state index in [1.54, 1.807) is 47.5 Å². The van der Waals surface area contributed by atoms with Crippen LogP contribution in [-0.4, -0.2) is 33.2 Å². The Hall–Kier alpha value is -2.15. The van der Waals surface area contributed by atoms with Crippen LogP contribution in [0, 0.1) is 0 Å². The number of halogens is 1. The van der Waals surface area contributed by atoms with Gasteiger partial charge < -0.3 is 4.90 Å². The molecule has 2 rings (SSSR count). The number of sulfonamides is 1. The molecule has 0 bridgehead atoms. The van der Waals surface area contributed by atoms with Crippen molar-refractivity contribution in [3.8, 4) is 0 Å². The van der Waals surface area contributed by atoms with Crippen LogP contribution in [0.1, 0.15) is 15.9 Å². The van der Waals surface area contributed by atoms with E-state index in [2.05, 4.69) is 4.72 Å². The summed E-state index contributed by atoms with van der Waals surface area (Å²) < 4.78 is 27.1. The molecule has 0 radical (unpaired) electrons. The molecule has 7 heteroatoms. The molecule has 0 aliphatic rings. The normalized spacial score (nSPS) is 11.6. The highest BCUT2D eigenvalue weighted by atomic mass is 35.5. The van der Waals surface area contributed by atoms with Crippen molar-refractivity contribution in [2.75, 3.05) is 14.1 Å². The molecule has 0 unspecified atom stereocenters. The zero-order chi connectivity index (χ0) is 18.4. The third-order valence-corrected chi connectivity index (χ3v) is 4.94. The Bertz CT molecular complexity index is 893. The minimum Gasteiger partial charge on any atom is -0.383 e. The van der Waals surface area contributed by atoms with Crippen molar-refractivity contribution in [1.29, 1.82) is 0 Å². The number of carbonyl (C=O) groups is 1. The maximum Gasteiger partial charge on any atom is 0.240 e. The van der Waals surface area contributed by atoms with Gasteiger partial charge >= 0.3 is 0 Å². The van der Waals surface area contributed by atoms with Gasteiger partial charge in [-0.25, -0.2) is 13.1 Å². The van der Waals surface area contributed by atoms with Crippen molar-refractivity contribution in [3.05, 3.63) is 77.0 Å². The van der Waals surface area contributed by atoms with Crippen molar-refractivity contribution in [2.24, 2.45) is 0 Å². The largest absolute Gasteiger partial charge is 0.383 e. The van der Waals surface area contributed by atoms with Crippen molar-refractivity contribution < 1.29 is 13.2 Å². The summed E-state index contributed by atoms with van der Waals surface area (Å²) in [5.41, 5.74) is 1.19. The first-order valence-electron chi connectivity index (χ1n) is 7.51. The van der Waals surface area contributed by atoms with Crippen LogP contribution in [0.2, 0.25) is 5.02 Å². The molecule has 0 spiro atoms. The average molecular weight is 379 g/mol. The molecule has 0 saturated heterocycles. The van der Waals surface area contributed by atoms with Gasteiger partial charge in [-0.05, 0) is 29.8 Å². The first-order valence-corrected chi connectivity index (χ1v) is 9.37. The molecule has 2 aromatic carbocycles. The molecular weight excluding hydrogens is 360 g/mol. The second-order valence-corrected chi connectivity index (χ2v) is 7.83. The fraction of sp³-hybridized carbons (Fsp3) is 0.167. The molecule has 0 heterocycles. The van der Waals surface area contributed by atoms with Crippen LogP contribution < -0.4 is 4.72 Å². The zero-order valence-electron chi connectivity index (χ0n) is 13.9. The van der Waals surface area contributed by atoms with E-state index in [4.69, 9.17) is 11.6 Å². The first-order chi connectivity index (χ1) is 11.8. The monoisotopic (exact) mass is 378 g/mol. The highest BCUT2D eigenvalue weighted by molar-refractivity contribution is 7.89. The Kier molecular flexibility index (Phi) is 6.36. The van der Waals surface area contributed by atoms with Gasteiger partial charge in [0.1, 0.15) is 0 Å². The summed E-state index contributed by atoms with van der Waals surface area (Å²) in [6.07, 6.45) is 3.13. The number of carbonyl (C=O) groups excluding carboxylic acids is 1. The molecule has 0 fully saturated rings. The van der Waals surface area contributed by atoms with E-state index in [9.17, 15) is 13.2 Å². The summed E-state index contributed by atoms with van der Waals surface area (Å²) in [6, 6.07) is 12.9. The van der Waals surface area contributed by atoms with Crippen LogP contribution in [0.25, 0.3) is 0 Å². The lowest BCUT2D eigenvalue weighted by Gasteiger charge is -2.08. The highest BCUT2D eigenvalue weighted by Crippen LogP contribution is 2.16. The SMILES string of the molecule is CN(C)C=CC(=O)c1cccc(CNS(=O)(=O)c2cccc(Cl)c2)c1. The van der Waals surface area contributed by atoms with Crippen molar-refractivity contribution in [1.82, 2.24) is 9.62 Å². The van der Waals surface area contributed by atoms with E-state index in [0.29, 0.717) is 16.1 Å². The second-order valence-electron chi connectivity index (χ2n) is 5.63. The van der Waals surface area contributed by atoms with Crippen LogP contribution in [-0.2, 0) is 16.6 Å². The fourth-order valence-corrected chi connectivity index (χ4v) is 3.36. The van der Waals surface area contributed by atoms with Gasteiger partial charge in [-0.3, -0.25) is 4.79 Å². The van der Waals surface area contributed by atoms with E-state index in [1.165, 1.54) is 18.2 Å². The summed E-state index contributed by atoms with van der Waals surface area (Å²) in [5.74, 6) is -0.145. The fourth-order valence-electron chi connectivity index (χ4n) is 2.04. The number of benzene rings is 2.